The average Bonchev–Trinajstić information content (AvgIpc) is 2.99. The SMILES string of the molecule is COc1ccccc1-n1nnc(C=O)c1Cc1ccc(F)cc1. The number of carbonyl (C=O) groups is 1. The van der Waals surface area contributed by atoms with Gasteiger partial charge in [0.25, 0.3) is 0 Å². The lowest BCUT2D eigenvalue weighted by molar-refractivity contribution is 0.111. The lowest BCUT2D eigenvalue weighted by atomic mass is 10.1. The maximum atomic E-state index is 13.1. The molecule has 1 heterocycles. The van der Waals surface area contributed by atoms with Crippen molar-refractivity contribution in [3.8, 4) is 11.4 Å². The van der Waals surface area contributed by atoms with E-state index >= 15 is 0 Å². The molecule has 0 atom stereocenters. The quantitative estimate of drug-likeness (QED) is 0.680. The molecule has 0 aliphatic rings. The van der Waals surface area contributed by atoms with E-state index < -0.39 is 0 Å². The average molecular weight is 311 g/mol. The number of aldehydes is 1. The predicted octanol–water partition coefficient (Wildman–Crippen LogP) is 2.82. The molecular formula is C17H14FN3O2. The van der Waals surface area contributed by atoms with Gasteiger partial charge in [-0.2, -0.15) is 0 Å². The number of ether oxygens (including phenoxy) is 1. The first-order chi connectivity index (χ1) is 11.2. The molecule has 0 bridgehead atoms. The molecule has 0 aliphatic carbocycles. The second kappa shape index (κ2) is 6.39. The second-order valence-electron chi connectivity index (χ2n) is 4.93. The van der Waals surface area contributed by atoms with E-state index in [0.717, 1.165) is 5.56 Å². The van der Waals surface area contributed by atoms with Crippen LogP contribution in [0.2, 0.25) is 0 Å². The van der Waals surface area contributed by atoms with Crippen molar-refractivity contribution in [2.24, 2.45) is 0 Å². The van der Waals surface area contributed by atoms with Gasteiger partial charge in [0, 0.05) is 6.42 Å². The molecule has 0 amide bonds. The molecule has 2 aromatic carbocycles. The smallest absolute Gasteiger partial charge is 0.172 e. The molecule has 0 unspecified atom stereocenters. The first-order valence-corrected chi connectivity index (χ1v) is 7.00. The highest BCUT2D eigenvalue weighted by atomic mass is 19.1. The van der Waals surface area contributed by atoms with Crippen molar-refractivity contribution in [3.63, 3.8) is 0 Å². The molecule has 0 saturated carbocycles. The van der Waals surface area contributed by atoms with Crippen LogP contribution in [0.1, 0.15) is 21.7 Å². The van der Waals surface area contributed by atoms with Crippen LogP contribution in [0, 0.1) is 5.82 Å². The van der Waals surface area contributed by atoms with Gasteiger partial charge in [-0.15, -0.1) is 5.10 Å². The zero-order chi connectivity index (χ0) is 16.2. The van der Waals surface area contributed by atoms with Crippen molar-refractivity contribution in [1.82, 2.24) is 15.0 Å². The number of halogens is 1. The van der Waals surface area contributed by atoms with Crippen LogP contribution in [0.15, 0.2) is 48.5 Å². The minimum absolute atomic E-state index is 0.250. The third-order valence-corrected chi connectivity index (χ3v) is 3.50. The summed E-state index contributed by atoms with van der Waals surface area (Å²) in [5, 5.41) is 7.98. The summed E-state index contributed by atoms with van der Waals surface area (Å²) in [5.74, 6) is 0.316. The summed E-state index contributed by atoms with van der Waals surface area (Å²) < 4.78 is 20.0. The van der Waals surface area contributed by atoms with Gasteiger partial charge in [-0.1, -0.05) is 29.5 Å². The van der Waals surface area contributed by atoms with Gasteiger partial charge in [0.05, 0.1) is 12.8 Å². The van der Waals surface area contributed by atoms with Gasteiger partial charge in [0.1, 0.15) is 22.9 Å². The Bertz CT molecular complexity index is 828. The van der Waals surface area contributed by atoms with Crippen LogP contribution >= 0.6 is 0 Å². The minimum atomic E-state index is -0.305. The number of carbonyl (C=O) groups excluding carboxylic acids is 1. The fourth-order valence-corrected chi connectivity index (χ4v) is 2.36. The predicted molar refractivity (Wildman–Crippen MR) is 82.5 cm³/mol. The topological polar surface area (TPSA) is 57.0 Å². The van der Waals surface area contributed by atoms with E-state index in [0.29, 0.717) is 29.8 Å². The van der Waals surface area contributed by atoms with Crippen LogP contribution in [-0.4, -0.2) is 28.4 Å². The van der Waals surface area contributed by atoms with E-state index in [1.54, 1.807) is 30.0 Å². The summed E-state index contributed by atoms with van der Waals surface area (Å²) in [6.07, 6.45) is 1.07. The van der Waals surface area contributed by atoms with E-state index in [9.17, 15) is 9.18 Å². The second-order valence-corrected chi connectivity index (χ2v) is 4.93. The number of hydrogen-bond acceptors (Lipinski definition) is 4. The Labute approximate surface area is 132 Å². The highest BCUT2D eigenvalue weighted by Crippen LogP contribution is 2.24. The summed E-state index contributed by atoms with van der Waals surface area (Å²) >= 11 is 0. The minimum Gasteiger partial charge on any atom is -0.494 e. The van der Waals surface area contributed by atoms with Crippen LogP contribution in [0.3, 0.4) is 0 Å². The van der Waals surface area contributed by atoms with E-state index in [-0.39, 0.29) is 11.5 Å². The number of rotatable bonds is 5. The molecule has 6 heteroatoms. The van der Waals surface area contributed by atoms with Crippen LogP contribution in [-0.2, 0) is 6.42 Å². The molecule has 23 heavy (non-hydrogen) atoms. The molecule has 0 saturated heterocycles. The molecule has 1 aromatic heterocycles. The first-order valence-electron chi connectivity index (χ1n) is 7.00. The zero-order valence-corrected chi connectivity index (χ0v) is 12.4. The normalized spacial score (nSPS) is 10.5. The molecule has 0 fully saturated rings. The molecule has 0 N–H and O–H groups in total. The Hall–Kier alpha value is -3.02. The van der Waals surface area contributed by atoms with Gasteiger partial charge in [-0.25, -0.2) is 9.07 Å². The molecule has 3 rings (SSSR count). The Morgan fingerprint density at radius 1 is 1.17 bits per heavy atom. The summed E-state index contributed by atoms with van der Waals surface area (Å²) in [5.41, 5.74) is 2.41. The number of nitrogens with zero attached hydrogens (tertiary/aromatic N) is 3. The molecule has 0 aliphatic heterocycles. The van der Waals surface area contributed by atoms with Crippen molar-refractivity contribution in [2.45, 2.75) is 6.42 Å². The third kappa shape index (κ3) is 2.96. The summed E-state index contributed by atoms with van der Waals surface area (Å²) in [7, 11) is 1.57. The Morgan fingerprint density at radius 3 is 2.61 bits per heavy atom. The van der Waals surface area contributed by atoms with Crippen molar-refractivity contribution < 1.29 is 13.9 Å². The van der Waals surface area contributed by atoms with Gasteiger partial charge in [0.15, 0.2) is 6.29 Å². The summed E-state index contributed by atoms with van der Waals surface area (Å²) in [6.45, 7) is 0. The monoisotopic (exact) mass is 311 g/mol. The fourth-order valence-electron chi connectivity index (χ4n) is 2.36. The number of hydrogen-bond donors (Lipinski definition) is 0. The van der Waals surface area contributed by atoms with Crippen molar-refractivity contribution in [3.05, 3.63) is 71.3 Å². The summed E-state index contributed by atoms with van der Waals surface area (Å²) in [6, 6.07) is 13.4. The molecule has 3 aromatic rings. The first kappa shape index (κ1) is 14.9. The Morgan fingerprint density at radius 2 is 1.91 bits per heavy atom. The lowest BCUT2D eigenvalue weighted by Crippen LogP contribution is -2.06. The molecule has 0 radical (unpaired) electrons. The van der Waals surface area contributed by atoms with Crippen LogP contribution in [0.4, 0.5) is 4.39 Å². The van der Waals surface area contributed by atoms with Crippen molar-refractivity contribution in [1.29, 1.82) is 0 Å². The van der Waals surface area contributed by atoms with Crippen LogP contribution in [0.5, 0.6) is 5.75 Å². The molecule has 116 valence electrons. The van der Waals surface area contributed by atoms with Gasteiger partial charge >= 0.3 is 0 Å². The highest BCUT2D eigenvalue weighted by Gasteiger charge is 2.16. The number of para-hydroxylation sites is 2. The van der Waals surface area contributed by atoms with Gasteiger partial charge in [-0.05, 0) is 29.8 Å². The van der Waals surface area contributed by atoms with E-state index in [1.165, 1.54) is 12.1 Å². The highest BCUT2D eigenvalue weighted by molar-refractivity contribution is 5.74. The Balaban J connectivity index is 2.07. The maximum absolute atomic E-state index is 13.1. The van der Waals surface area contributed by atoms with E-state index in [1.807, 2.05) is 18.2 Å². The standard InChI is InChI=1S/C17H14FN3O2/c1-23-17-5-3-2-4-15(17)21-16(14(11-22)19-20-21)10-12-6-8-13(18)9-7-12/h2-9,11H,10H2,1H3. The molecule has 0 spiro atoms. The van der Waals surface area contributed by atoms with Crippen LogP contribution < -0.4 is 4.74 Å². The van der Waals surface area contributed by atoms with E-state index in [2.05, 4.69) is 10.3 Å². The van der Waals surface area contributed by atoms with E-state index in [4.69, 9.17) is 4.74 Å². The van der Waals surface area contributed by atoms with Gasteiger partial charge in [-0.3, -0.25) is 4.79 Å². The van der Waals surface area contributed by atoms with Gasteiger partial charge < -0.3 is 4.74 Å². The van der Waals surface area contributed by atoms with Crippen LogP contribution in [0.25, 0.3) is 5.69 Å². The Kier molecular flexibility index (Phi) is 4.14. The molecular weight excluding hydrogens is 297 g/mol. The van der Waals surface area contributed by atoms with Crippen molar-refractivity contribution in [2.75, 3.05) is 7.11 Å². The fraction of sp³-hybridized carbons (Fsp3) is 0.118. The number of methoxy groups -OCH3 is 1. The number of aromatic nitrogens is 3. The number of benzene rings is 2. The largest absolute Gasteiger partial charge is 0.494 e. The third-order valence-electron chi connectivity index (χ3n) is 3.50. The zero-order valence-electron chi connectivity index (χ0n) is 12.4. The molecule has 5 nitrogen and oxygen atoms in total. The van der Waals surface area contributed by atoms with Gasteiger partial charge in [0.2, 0.25) is 0 Å². The van der Waals surface area contributed by atoms with Crippen molar-refractivity contribution >= 4 is 6.29 Å². The maximum Gasteiger partial charge on any atom is 0.172 e. The lowest BCUT2D eigenvalue weighted by Gasteiger charge is -2.11. The summed E-state index contributed by atoms with van der Waals surface area (Å²) in [4.78, 5) is 11.3.